The molecule has 10 rings (SSSR count). The Morgan fingerprint density at radius 3 is 1.34 bits per heavy atom. The second-order valence-electron chi connectivity index (χ2n) is 22.1. The van der Waals surface area contributed by atoms with E-state index < -0.39 is 51.8 Å². The molecule has 0 aliphatic carbocycles. The molecule has 0 bridgehead atoms. The molecule has 0 aromatic heterocycles. The Morgan fingerprint density at radius 1 is 0.532 bits per heavy atom. The Bertz CT molecular complexity index is 4680. The zero-order valence-electron chi connectivity index (χ0n) is 59.8. The number of carbonyl (C=O) groups is 2. The van der Waals surface area contributed by atoms with Crippen LogP contribution in [-0.4, -0.2) is 50.3 Å². The van der Waals surface area contributed by atoms with Gasteiger partial charge in [0.2, 0.25) is 0 Å². The summed E-state index contributed by atoms with van der Waals surface area (Å²) in [4.78, 5) is 22.3. The molecule has 3 radical (unpaired) electrons. The maximum absolute atomic E-state index is 13.7. The fourth-order valence-corrected chi connectivity index (χ4v) is 11.3. The molecule has 0 fully saturated rings. The first-order valence-electron chi connectivity index (χ1n) is 32.2. The third-order valence-corrected chi connectivity index (χ3v) is 17.2. The van der Waals surface area contributed by atoms with Gasteiger partial charge in [0, 0.05) is 41.6 Å². The van der Waals surface area contributed by atoms with Gasteiger partial charge in [0.25, 0.3) is 0 Å². The van der Waals surface area contributed by atoms with E-state index in [1.165, 1.54) is 134 Å². The maximum atomic E-state index is 13.7. The fourth-order valence-electron chi connectivity index (χ4n) is 9.69. The third-order valence-electron chi connectivity index (χ3n) is 14.9. The first-order valence-corrected chi connectivity index (χ1v) is 36.8. The molecule has 0 spiro atoms. The summed E-state index contributed by atoms with van der Waals surface area (Å²) in [6.07, 6.45) is 2.62. The third kappa shape index (κ3) is 35.0. The van der Waals surface area contributed by atoms with Crippen molar-refractivity contribution in [1.82, 2.24) is 0 Å². The van der Waals surface area contributed by atoms with Crippen molar-refractivity contribution in [3.63, 3.8) is 0 Å². The standard InChI is InChI=1S/C17H18F2.C16H11F2N.C14H12F2O.C14H10F2O.C8H7FO.C6H4BrF.C6H12NO3P.CH2Cl2.CH4.B.Mn.2O/c1-3-6-16(13-7-4-8-14(18)11-13)15-9-5-10-17(19)12(15)2;1-11-14(6-3-7-16(11)18)15(8-9-19)12-4-2-5-13(17)10-12;2*1-9-12(6-3-7-13(9)16)14(17)10-4-2-5-11(15)8-10;1-6-7(5-10)3-2-4-8(6)9;7-5-2-1-3-6(8)4-5;1-3-9-11(8,6-5-7)10-4-2;2-1-3;;;;;/h4-5,7-11,16H,3,6H2,1-2H3;2-8,10H,1H3;2-8,14,17H,1H3;2-8H,1H3;2-5H,1H3;1-4H;3-4,6H2,1-2H3;1H2;1H4;;;;/b;15-8-;;;;;;;;;;;. The van der Waals surface area contributed by atoms with Gasteiger partial charge in [0.15, 0.2) is 5.78 Å². The van der Waals surface area contributed by atoms with Crippen LogP contribution in [0.25, 0.3) is 5.57 Å². The summed E-state index contributed by atoms with van der Waals surface area (Å²) in [7, 11) is -3.08. The van der Waals surface area contributed by atoms with Gasteiger partial charge in [0.05, 0.1) is 30.7 Å². The van der Waals surface area contributed by atoms with Crippen molar-refractivity contribution in [3.8, 4) is 12.1 Å². The van der Waals surface area contributed by atoms with Crippen LogP contribution in [0, 0.1) is 115 Å². The van der Waals surface area contributed by atoms with E-state index in [2.05, 4.69) is 22.9 Å². The number of ketones is 1. The van der Waals surface area contributed by atoms with Gasteiger partial charge in [-0.15, -0.1) is 23.2 Å². The molecular formula is C83H80BBrCl2F10MnN2O8P. The van der Waals surface area contributed by atoms with Crippen molar-refractivity contribution in [3.05, 3.63) is 359 Å². The van der Waals surface area contributed by atoms with Gasteiger partial charge in [-0.2, -0.15) is 10.5 Å². The van der Waals surface area contributed by atoms with Crippen molar-refractivity contribution in [2.24, 2.45) is 0 Å². The predicted octanol–water partition coefficient (Wildman–Crippen LogP) is 24.0. The van der Waals surface area contributed by atoms with Crippen LogP contribution in [-0.2, 0) is 36.1 Å². The van der Waals surface area contributed by atoms with Crippen molar-refractivity contribution >= 4 is 72.8 Å². The van der Waals surface area contributed by atoms with Crippen molar-refractivity contribution in [1.29, 1.82) is 10.5 Å². The van der Waals surface area contributed by atoms with Crippen LogP contribution >= 0.6 is 46.7 Å². The molecule has 26 heteroatoms. The molecule has 576 valence electrons. The Kier molecular flexibility index (Phi) is 50.0. The number of carbonyl (C=O) groups excluding carboxylic acids is 2. The minimum atomic E-state index is -3.08. The number of aliphatic hydroxyl groups excluding tert-OH is 1. The van der Waals surface area contributed by atoms with Gasteiger partial charge in [-0.05, 0) is 219 Å². The molecule has 0 amide bonds. The molecule has 10 aromatic carbocycles. The van der Waals surface area contributed by atoms with E-state index >= 15 is 0 Å². The van der Waals surface area contributed by atoms with E-state index in [-0.39, 0.29) is 90.6 Å². The van der Waals surface area contributed by atoms with Gasteiger partial charge in [-0.1, -0.05) is 152 Å². The molecular weight excluding hydrogens is 1590 g/mol. The fraction of sp³-hybridized carbons (Fsp3) is 0.205. The normalized spacial score (nSPS) is 10.6. The number of hydrogen-bond acceptors (Lipinski definition) is 10. The Labute approximate surface area is 657 Å². The average Bonchev–Trinajstić information content (AvgIpc) is 0.839. The zero-order valence-corrected chi connectivity index (χ0v) is 64.9. The van der Waals surface area contributed by atoms with Crippen LogP contribution in [0.15, 0.2) is 223 Å². The van der Waals surface area contributed by atoms with E-state index in [4.69, 9.17) is 50.4 Å². The van der Waals surface area contributed by atoms with Crippen LogP contribution in [0.4, 0.5) is 43.9 Å². The second-order valence-corrected chi connectivity index (χ2v) is 26.0. The number of alkyl halides is 2. The van der Waals surface area contributed by atoms with Gasteiger partial charge >= 0.3 is 30.1 Å². The summed E-state index contributed by atoms with van der Waals surface area (Å²) < 4.78 is 170. The van der Waals surface area contributed by atoms with E-state index in [9.17, 15) is 63.2 Å². The summed E-state index contributed by atoms with van der Waals surface area (Å²) in [5.74, 6) is -3.76. The summed E-state index contributed by atoms with van der Waals surface area (Å²) in [5, 5.41) is 27.4. The van der Waals surface area contributed by atoms with Gasteiger partial charge < -0.3 is 14.2 Å². The van der Waals surface area contributed by atoms with E-state index in [0.29, 0.717) is 75.1 Å². The molecule has 1 N–H and O–H groups in total. The number of aliphatic hydroxyl groups is 1. The second kappa shape index (κ2) is 54.5. The average molecular weight is 1670 g/mol. The number of aldehydes is 1. The summed E-state index contributed by atoms with van der Waals surface area (Å²) in [6.45, 7) is 14.2. The molecule has 0 aliphatic rings. The molecule has 2 atom stereocenters. The number of rotatable bonds is 16. The van der Waals surface area contributed by atoms with Crippen LogP contribution < -0.4 is 0 Å². The van der Waals surface area contributed by atoms with Gasteiger partial charge in [-0.25, -0.2) is 43.9 Å². The van der Waals surface area contributed by atoms with Gasteiger partial charge in [-0.3, -0.25) is 14.2 Å². The molecule has 2 unspecified atom stereocenters. The van der Waals surface area contributed by atoms with E-state index in [1.54, 1.807) is 120 Å². The molecule has 0 saturated heterocycles. The molecule has 0 heterocycles. The van der Waals surface area contributed by atoms with Crippen molar-refractivity contribution in [2.45, 2.75) is 87.7 Å². The molecule has 10 aromatic rings. The van der Waals surface area contributed by atoms with Crippen molar-refractivity contribution < 1.29 is 94.7 Å². The Morgan fingerprint density at radius 2 is 0.908 bits per heavy atom. The molecule has 0 aliphatic heterocycles. The van der Waals surface area contributed by atoms with Crippen LogP contribution in [0.1, 0.15) is 141 Å². The van der Waals surface area contributed by atoms with Gasteiger partial charge in [0.1, 0.15) is 76.7 Å². The summed E-state index contributed by atoms with van der Waals surface area (Å²) >= 11 is 11.2. The SMILES string of the molecule is C.CCCC(c1cccc(F)c1)c1cccc(F)c1C.CCOP(=O)(CC#N)OCC.Cc1c(F)cccc1/C(=C\C#N)c1cccc(F)c1.Cc1c(F)cccc1C(=O)c1cccc(F)c1.Cc1c(F)cccc1C(O)c1cccc(F)c1.Cc1c(F)cccc1C=O.ClCCl.Fc1cccc(Br)c1.[B].[O]=[Mn]=[O]. The quantitative estimate of drug-likeness (QED) is 0.0187. The Balaban J connectivity index is 0.00000125. The monoisotopic (exact) mass is 1670 g/mol. The molecule has 109 heavy (non-hydrogen) atoms. The first kappa shape index (κ1) is 99.9. The number of nitriles is 2. The summed E-state index contributed by atoms with van der Waals surface area (Å²) in [5.41, 5.74) is 7.45. The predicted molar refractivity (Wildman–Crippen MR) is 409 cm³/mol. The van der Waals surface area contributed by atoms with Crippen LogP contribution in [0.3, 0.4) is 0 Å². The number of halogens is 13. The number of hydrogen-bond donors (Lipinski definition) is 1. The first-order chi connectivity index (χ1) is 51.0. The topological polar surface area (TPSA) is 172 Å². The number of benzene rings is 10. The molecule has 0 saturated carbocycles. The molecule has 10 nitrogen and oxygen atoms in total. The van der Waals surface area contributed by atoms with Crippen molar-refractivity contribution in [2.75, 3.05) is 24.7 Å². The minimum absolute atomic E-state index is 0. The van der Waals surface area contributed by atoms with Crippen LogP contribution in [0.5, 0.6) is 0 Å². The summed E-state index contributed by atoms with van der Waals surface area (Å²) in [6, 6.07) is 56.5. The number of nitrogens with zero attached hydrogens (tertiary/aromatic N) is 2. The van der Waals surface area contributed by atoms with Crippen LogP contribution in [0.2, 0.25) is 0 Å². The number of allylic oxidation sites excluding steroid dienone is 1. The van der Waals surface area contributed by atoms with E-state index in [0.717, 1.165) is 34.5 Å². The van der Waals surface area contributed by atoms with E-state index in [1.807, 2.05) is 18.2 Å². The Hall–Kier alpha value is -9.09. The zero-order chi connectivity index (χ0) is 80.2.